The number of halogens is 2. The van der Waals surface area contributed by atoms with Gasteiger partial charge in [0.05, 0.1) is 18.4 Å². The summed E-state index contributed by atoms with van der Waals surface area (Å²) in [5, 5.41) is 0.699. The Balaban J connectivity index is 0.00000136. The third-order valence-electron chi connectivity index (χ3n) is 4.28. The van der Waals surface area contributed by atoms with Crippen molar-refractivity contribution in [3.63, 3.8) is 0 Å². The standard InChI is InChI=1S/C19H16F2N2O3.C2H6/c1-10-13-6-7-23(9-12-4-5-14(20)15(21)8-12)18(13)22-11(2)16(10)17(24)19(25)26-3;1-2/h4-8H,9H2,1-3H3;1-2H3. The van der Waals surface area contributed by atoms with Crippen LogP contribution >= 0.6 is 0 Å². The lowest BCUT2D eigenvalue weighted by atomic mass is 10.0. The molecule has 0 saturated heterocycles. The largest absolute Gasteiger partial charge is 0.463 e. The van der Waals surface area contributed by atoms with E-state index in [2.05, 4.69) is 9.72 Å². The quantitative estimate of drug-likeness (QED) is 0.378. The Bertz CT molecular complexity index is 1040. The van der Waals surface area contributed by atoms with Gasteiger partial charge in [-0.05, 0) is 43.2 Å². The maximum Gasteiger partial charge on any atom is 0.379 e. The van der Waals surface area contributed by atoms with Crippen molar-refractivity contribution in [2.45, 2.75) is 34.2 Å². The number of carbonyl (C=O) groups is 2. The number of pyridine rings is 1. The number of hydrogen-bond donors (Lipinski definition) is 0. The normalized spacial score (nSPS) is 10.4. The Hall–Kier alpha value is -3.09. The van der Waals surface area contributed by atoms with Crippen molar-refractivity contribution in [2.75, 3.05) is 7.11 Å². The Morgan fingerprint density at radius 2 is 1.79 bits per heavy atom. The molecule has 0 aliphatic rings. The summed E-state index contributed by atoms with van der Waals surface area (Å²) in [5.41, 5.74) is 2.40. The molecule has 0 amide bonds. The molecule has 5 nitrogen and oxygen atoms in total. The van der Waals surface area contributed by atoms with Crippen molar-refractivity contribution >= 4 is 22.8 Å². The van der Waals surface area contributed by atoms with E-state index < -0.39 is 23.4 Å². The Morgan fingerprint density at radius 3 is 2.39 bits per heavy atom. The summed E-state index contributed by atoms with van der Waals surface area (Å²) in [6.07, 6.45) is 1.75. The summed E-state index contributed by atoms with van der Waals surface area (Å²) >= 11 is 0. The second-order valence-electron chi connectivity index (χ2n) is 5.95. The van der Waals surface area contributed by atoms with E-state index in [0.717, 1.165) is 19.2 Å². The molecular formula is C21H22F2N2O3. The first-order valence-electron chi connectivity index (χ1n) is 8.86. The highest BCUT2D eigenvalue weighted by Crippen LogP contribution is 2.25. The van der Waals surface area contributed by atoms with Crippen molar-refractivity contribution in [1.29, 1.82) is 0 Å². The number of aryl methyl sites for hydroxylation is 2. The van der Waals surface area contributed by atoms with Crippen LogP contribution in [0.2, 0.25) is 0 Å². The molecule has 0 aliphatic heterocycles. The van der Waals surface area contributed by atoms with E-state index in [1.807, 2.05) is 13.8 Å². The number of fused-ring (bicyclic) bond motifs is 1. The topological polar surface area (TPSA) is 61.2 Å². The lowest BCUT2D eigenvalue weighted by Gasteiger charge is -2.11. The predicted octanol–water partition coefficient (Wildman–Crippen LogP) is 4.36. The summed E-state index contributed by atoms with van der Waals surface area (Å²) in [5.74, 6) is -3.50. The number of hydrogen-bond acceptors (Lipinski definition) is 4. The van der Waals surface area contributed by atoms with Gasteiger partial charge in [-0.1, -0.05) is 19.9 Å². The lowest BCUT2D eigenvalue weighted by Crippen LogP contribution is -2.19. The average molecular weight is 388 g/mol. The van der Waals surface area contributed by atoms with Crippen LogP contribution in [0.3, 0.4) is 0 Å². The van der Waals surface area contributed by atoms with Crippen LogP contribution in [-0.2, 0) is 16.1 Å². The molecule has 0 N–H and O–H groups in total. The molecule has 1 aromatic carbocycles. The number of rotatable bonds is 4. The van der Waals surface area contributed by atoms with E-state index in [4.69, 9.17) is 0 Å². The van der Waals surface area contributed by atoms with Gasteiger partial charge in [-0.3, -0.25) is 4.79 Å². The molecule has 0 spiro atoms. The molecule has 3 aromatic rings. The van der Waals surface area contributed by atoms with E-state index in [1.54, 1.807) is 30.7 Å². The van der Waals surface area contributed by atoms with Crippen LogP contribution in [-0.4, -0.2) is 28.4 Å². The van der Waals surface area contributed by atoms with Crippen LogP contribution in [0.25, 0.3) is 11.0 Å². The molecule has 0 bridgehead atoms. The molecular weight excluding hydrogens is 366 g/mol. The van der Waals surface area contributed by atoms with Crippen LogP contribution in [0, 0.1) is 25.5 Å². The van der Waals surface area contributed by atoms with Gasteiger partial charge in [-0.2, -0.15) is 0 Å². The van der Waals surface area contributed by atoms with E-state index in [9.17, 15) is 18.4 Å². The molecule has 0 aliphatic carbocycles. The maximum absolute atomic E-state index is 13.4. The molecule has 148 valence electrons. The van der Waals surface area contributed by atoms with Gasteiger partial charge in [0.25, 0.3) is 5.78 Å². The van der Waals surface area contributed by atoms with Gasteiger partial charge in [-0.15, -0.1) is 0 Å². The summed E-state index contributed by atoms with van der Waals surface area (Å²) in [4.78, 5) is 28.3. The number of aromatic nitrogens is 2. The molecule has 0 fully saturated rings. The van der Waals surface area contributed by atoms with Gasteiger partial charge in [-0.25, -0.2) is 18.6 Å². The summed E-state index contributed by atoms with van der Waals surface area (Å²) in [7, 11) is 1.15. The second-order valence-corrected chi connectivity index (χ2v) is 5.95. The highest BCUT2D eigenvalue weighted by molar-refractivity contribution is 6.41. The smallest absolute Gasteiger partial charge is 0.379 e. The van der Waals surface area contributed by atoms with Crippen LogP contribution in [0.5, 0.6) is 0 Å². The Labute approximate surface area is 162 Å². The van der Waals surface area contributed by atoms with Crippen molar-refractivity contribution < 1.29 is 23.1 Å². The molecule has 0 unspecified atom stereocenters. The van der Waals surface area contributed by atoms with Gasteiger partial charge >= 0.3 is 5.97 Å². The van der Waals surface area contributed by atoms with Crippen LogP contribution in [0.15, 0.2) is 30.5 Å². The zero-order chi connectivity index (χ0) is 21.0. The fourth-order valence-corrected chi connectivity index (χ4v) is 2.99. The van der Waals surface area contributed by atoms with E-state index >= 15 is 0 Å². The first-order valence-corrected chi connectivity index (χ1v) is 8.86. The molecule has 28 heavy (non-hydrogen) atoms. The molecule has 0 saturated carbocycles. The predicted molar refractivity (Wildman–Crippen MR) is 102 cm³/mol. The summed E-state index contributed by atoms with van der Waals surface area (Å²) in [6.45, 7) is 7.66. The lowest BCUT2D eigenvalue weighted by molar-refractivity contribution is -0.135. The number of benzene rings is 1. The monoisotopic (exact) mass is 388 g/mol. The molecule has 2 heterocycles. The van der Waals surface area contributed by atoms with Gasteiger partial charge in [0.1, 0.15) is 5.65 Å². The average Bonchev–Trinajstić information content (AvgIpc) is 3.08. The number of nitrogens with zero attached hydrogens (tertiary/aromatic N) is 2. The van der Waals surface area contributed by atoms with Gasteiger partial charge < -0.3 is 9.30 Å². The number of esters is 1. The van der Waals surface area contributed by atoms with E-state index in [-0.39, 0.29) is 12.1 Å². The first kappa shape index (κ1) is 21.2. The molecule has 7 heteroatoms. The van der Waals surface area contributed by atoms with Crippen LogP contribution in [0.4, 0.5) is 8.78 Å². The maximum atomic E-state index is 13.4. The third kappa shape index (κ3) is 3.93. The minimum absolute atomic E-state index is 0.218. The highest BCUT2D eigenvalue weighted by Gasteiger charge is 2.24. The van der Waals surface area contributed by atoms with Gasteiger partial charge in [0, 0.05) is 18.1 Å². The second kappa shape index (κ2) is 8.73. The molecule has 0 radical (unpaired) electrons. The number of ether oxygens (including phenoxy) is 1. The fraction of sp³-hybridized carbons (Fsp3) is 0.286. The zero-order valence-corrected chi connectivity index (χ0v) is 16.5. The van der Waals surface area contributed by atoms with E-state index in [0.29, 0.717) is 27.9 Å². The molecule has 0 atom stereocenters. The SMILES string of the molecule is CC.COC(=O)C(=O)c1c(C)nc2c(ccn2Cc2ccc(F)c(F)c2)c1C. The first-order chi connectivity index (χ1) is 13.3. The van der Waals surface area contributed by atoms with Crippen molar-refractivity contribution in [2.24, 2.45) is 0 Å². The summed E-state index contributed by atoms with van der Waals surface area (Å²) < 4.78 is 32.8. The fourth-order valence-electron chi connectivity index (χ4n) is 2.99. The molecule has 3 rings (SSSR count). The van der Waals surface area contributed by atoms with Crippen molar-refractivity contribution in [1.82, 2.24) is 9.55 Å². The Kier molecular flexibility index (Phi) is 6.62. The van der Waals surface area contributed by atoms with Crippen LogP contribution < -0.4 is 0 Å². The Morgan fingerprint density at radius 1 is 1.11 bits per heavy atom. The molecule has 2 aromatic heterocycles. The van der Waals surface area contributed by atoms with Crippen LogP contribution in [0.1, 0.15) is 41.0 Å². The number of methoxy groups -OCH3 is 1. The van der Waals surface area contributed by atoms with Crippen molar-refractivity contribution in [3.05, 3.63) is 64.5 Å². The minimum Gasteiger partial charge on any atom is -0.463 e. The zero-order valence-electron chi connectivity index (χ0n) is 16.5. The van der Waals surface area contributed by atoms with Crippen molar-refractivity contribution in [3.8, 4) is 0 Å². The summed E-state index contributed by atoms with van der Waals surface area (Å²) in [6, 6.07) is 5.48. The third-order valence-corrected chi connectivity index (χ3v) is 4.28. The number of carbonyl (C=O) groups excluding carboxylic acids is 2. The van der Waals surface area contributed by atoms with E-state index in [1.165, 1.54) is 6.07 Å². The minimum atomic E-state index is -0.946. The highest BCUT2D eigenvalue weighted by atomic mass is 19.2. The van der Waals surface area contributed by atoms with Gasteiger partial charge in [0.2, 0.25) is 0 Å². The number of Topliss-reactive ketones (excluding diaryl/α,β-unsaturated/α-hetero) is 1. The number of ketones is 1. The van der Waals surface area contributed by atoms with Gasteiger partial charge in [0.15, 0.2) is 11.6 Å².